The number of nitrogens with two attached hydrogens (primary N) is 1. The molecule has 0 bridgehead atoms. The van der Waals surface area contributed by atoms with E-state index in [1.54, 1.807) is 0 Å². The number of carbonyl (C=O) groups is 1. The van der Waals surface area contributed by atoms with Gasteiger partial charge in [-0.2, -0.15) is 0 Å². The molecule has 0 aliphatic carbocycles. The summed E-state index contributed by atoms with van der Waals surface area (Å²) in [7, 11) is 0. The minimum Gasteiger partial charge on any atom is -0.597 e. The average Bonchev–Trinajstić information content (AvgIpc) is 1.87. The predicted octanol–water partition coefficient (Wildman–Crippen LogP) is -1.25. The number of rotatable bonds is 3. The van der Waals surface area contributed by atoms with Crippen LogP contribution in [0.5, 0.6) is 0 Å². The highest BCUT2D eigenvalue weighted by atomic mass is 16.6. The first kappa shape index (κ1) is 8.63. The molecule has 0 spiro atoms. The second-order valence-electron chi connectivity index (χ2n) is 1.57. The van der Waals surface area contributed by atoms with E-state index in [2.05, 4.69) is 5.28 Å². The lowest BCUT2D eigenvalue weighted by molar-refractivity contribution is -0.556. The summed E-state index contributed by atoms with van der Waals surface area (Å²) in [6.07, 6.45) is 0. The summed E-state index contributed by atoms with van der Waals surface area (Å²) in [6.45, 7) is -0.564. The first-order valence-corrected chi connectivity index (χ1v) is 2.36. The molecular weight excluding hydrogens is 142 g/mol. The average molecular weight is 149 g/mol. The Kier molecular flexibility index (Phi) is 3.12. The molecule has 0 aliphatic heterocycles. The number of hydrogen-bond donors (Lipinski definition) is 3. The van der Waals surface area contributed by atoms with Gasteiger partial charge in [-0.1, -0.05) is 4.86 Å². The van der Waals surface area contributed by atoms with Gasteiger partial charge in [-0.25, -0.2) is 0 Å². The van der Waals surface area contributed by atoms with Gasteiger partial charge in [0.1, 0.15) is 0 Å². The zero-order chi connectivity index (χ0) is 8.15. The summed E-state index contributed by atoms with van der Waals surface area (Å²) in [6, 6.07) is -1.33. The summed E-state index contributed by atoms with van der Waals surface area (Å²) in [5.41, 5.74) is 4.88. The van der Waals surface area contributed by atoms with Crippen molar-refractivity contribution in [1.29, 1.82) is 0 Å². The van der Waals surface area contributed by atoms with E-state index >= 15 is 0 Å². The highest BCUT2D eigenvalue weighted by Crippen LogP contribution is 1.80. The Morgan fingerprint density at radius 3 is 2.70 bits per heavy atom. The summed E-state index contributed by atoms with van der Waals surface area (Å²) in [4.78, 5) is 9.73. The van der Waals surface area contributed by atoms with Crippen LogP contribution >= 0.6 is 0 Å². The molecule has 4 N–H and O–H groups in total. The quantitative estimate of drug-likeness (QED) is 0.263. The summed E-state index contributed by atoms with van der Waals surface area (Å²) in [5.74, 6) is -1.32. The second-order valence-corrected chi connectivity index (χ2v) is 1.57. The van der Waals surface area contributed by atoms with Crippen molar-refractivity contribution >= 4 is 5.97 Å². The van der Waals surface area contributed by atoms with Gasteiger partial charge in [0.05, 0.1) is 0 Å². The standard InChI is InChI=1S/C3H7N3O4/c4-2(3(7)8)1-6(10)5-9/h2,9H,1,4H2,(H,7,8)/b6-5-. The molecule has 0 amide bonds. The SMILES string of the molecule is NC(C/[N+]([O-])=N/O)C(=O)O. The summed E-state index contributed by atoms with van der Waals surface area (Å²) >= 11 is 0. The van der Waals surface area contributed by atoms with Gasteiger partial charge in [0.2, 0.25) is 6.54 Å². The van der Waals surface area contributed by atoms with Crippen LogP contribution in [0.15, 0.2) is 5.28 Å². The molecule has 7 nitrogen and oxygen atoms in total. The maximum Gasteiger partial charge on any atom is 0.327 e. The highest BCUT2D eigenvalue weighted by molar-refractivity contribution is 5.73. The van der Waals surface area contributed by atoms with Crippen LogP contribution in [0.4, 0.5) is 0 Å². The van der Waals surface area contributed by atoms with Crippen molar-refractivity contribution in [2.45, 2.75) is 6.04 Å². The Labute approximate surface area is 55.9 Å². The zero-order valence-electron chi connectivity index (χ0n) is 4.97. The number of carboxylic acid groups (broad SMARTS) is 1. The van der Waals surface area contributed by atoms with Crippen LogP contribution < -0.4 is 5.73 Å². The molecule has 0 saturated carbocycles. The van der Waals surface area contributed by atoms with Crippen molar-refractivity contribution in [3.8, 4) is 0 Å². The van der Waals surface area contributed by atoms with Gasteiger partial charge < -0.3 is 21.3 Å². The predicted molar refractivity (Wildman–Crippen MR) is 28.3 cm³/mol. The summed E-state index contributed by atoms with van der Waals surface area (Å²) in [5, 5.41) is 28.1. The first-order chi connectivity index (χ1) is 4.57. The monoisotopic (exact) mass is 149 g/mol. The van der Waals surface area contributed by atoms with E-state index in [-0.39, 0.29) is 4.86 Å². The van der Waals surface area contributed by atoms with Crippen LogP contribution in [0.25, 0.3) is 0 Å². The first-order valence-electron chi connectivity index (χ1n) is 2.36. The molecule has 0 fully saturated rings. The van der Waals surface area contributed by atoms with E-state index < -0.39 is 18.6 Å². The Morgan fingerprint density at radius 1 is 1.90 bits per heavy atom. The number of aliphatic carboxylic acids is 1. The minimum absolute atomic E-state index is 0.210. The van der Waals surface area contributed by atoms with Crippen LogP contribution in [0.1, 0.15) is 0 Å². The molecule has 0 aromatic heterocycles. The third-order valence-corrected chi connectivity index (χ3v) is 0.770. The Morgan fingerprint density at radius 2 is 2.40 bits per heavy atom. The Hall–Kier alpha value is -1.37. The normalized spacial score (nSPS) is 14.7. The molecular formula is C3H7N3O4. The van der Waals surface area contributed by atoms with Gasteiger partial charge in [-0.3, -0.25) is 4.79 Å². The molecule has 7 heteroatoms. The van der Waals surface area contributed by atoms with Gasteiger partial charge >= 0.3 is 5.97 Å². The topological polar surface area (TPSA) is 122 Å². The van der Waals surface area contributed by atoms with Crippen molar-refractivity contribution < 1.29 is 20.0 Å². The van der Waals surface area contributed by atoms with Crippen molar-refractivity contribution in [3.05, 3.63) is 5.21 Å². The van der Waals surface area contributed by atoms with Crippen molar-refractivity contribution in [3.63, 3.8) is 0 Å². The zero-order valence-corrected chi connectivity index (χ0v) is 4.97. The number of carboxylic acids is 1. The molecule has 0 aliphatic rings. The maximum atomic E-state index is 10.1. The molecule has 0 aromatic carbocycles. The molecule has 1 atom stereocenters. The van der Waals surface area contributed by atoms with Gasteiger partial charge in [0.25, 0.3) is 0 Å². The Balaban J connectivity index is 3.80. The number of hydrogen-bond acceptors (Lipinski definition) is 4. The Bertz CT molecular complexity index is 156. The van der Waals surface area contributed by atoms with Crippen molar-refractivity contribution in [2.24, 2.45) is 11.0 Å². The minimum atomic E-state index is -1.33. The molecule has 0 aromatic rings. The molecule has 0 rings (SSSR count). The van der Waals surface area contributed by atoms with E-state index in [0.29, 0.717) is 0 Å². The lowest BCUT2D eigenvalue weighted by Gasteiger charge is -2.01. The van der Waals surface area contributed by atoms with Gasteiger partial charge in [0.15, 0.2) is 11.3 Å². The van der Waals surface area contributed by atoms with Gasteiger partial charge in [-0.15, -0.1) is 0 Å². The molecule has 58 valence electrons. The fourth-order valence-corrected chi connectivity index (χ4v) is 0.283. The highest BCUT2D eigenvalue weighted by Gasteiger charge is 2.16. The third kappa shape index (κ3) is 2.82. The lowest BCUT2D eigenvalue weighted by Crippen LogP contribution is -2.37. The summed E-state index contributed by atoms with van der Waals surface area (Å²) < 4.78 is 0. The van der Waals surface area contributed by atoms with Crippen LogP contribution in [0, 0.1) is 5.21 Å². The van der Waals surface area contributed by atoms with E-state index in [9.17, 15) is 10.0 Å². The van der Waals surface area contributed by atoms with Crippen molar-refractivity contribution in [1.82, 2.24) is 0 Å². The number of hydroxylamine groups is 1. The van der Waals surface area contributed by atoms with Crippen molar-refractivity contribution in [2.75, 3.05) is 6.54 Å². The van der Waals surface area contributed by atoms with E-state index in [4.69, 9.17) is 16.0 Å². The smallest absolute Gasteiger partial charge is 0.327 e. The largest absolute Gasteiger partial charge is 0.597 e. The third-order valence-electron chi connectivity index (χ3n) is 0.770. The molecule has 0 saturated heterocycles. The maximum absolute atomic E-state index is 10.1. The van der Waals surface area contributed by atoms with Crippen LogP contribution in [-0.2, 0) is 4.79 Å². The second kappa shape index (κ2) is 3.62. The lowest BCUT2D eigenvalue weighted by atomic mass is 10.3. The van der Waals surface area contributed by atoms with Gasteiger partial charge in [-0.05, 0) is 0 Å². The molecule has 10 heavy (non-hydrogen) atoms. The fourth-order valence-electron chi connectivity index (χ4n) is 0.283. The van der Waals surface area contributed by atoms with E-state index in [1.165, 1.54) is 0 Å². The van der Waals surface area contributed by atoms with E-state index in [1.807, 2.05) is 0 Å². The van der Waals surface area contributed by atoms with Crippen LogP contribution in [0.3, 0.4) is 0 Å². The van der Waals surface area contributed by atoms with Crippen LogP contribution in [0.2, 0.25) is 0 Å². The van der Waals surface area contributed by atoms with Crippen LogP contribution in [-0.4, -0.2) is 33.7 Å². The van der Waals surface area contributed by atoms with E-state index in [0.717, 1.165) is 0 Å². The fraction of sp³-hybridized carbons (Fsp3) is 0.667. The molecule has 0 radical (unpaired) electrons. The molecule has 1 unspecified atom stereocenters. The van der Waals surface area contributed by atoms with Gasteiger partial charge in [0, 0.05) is 0 Å². The molecule has 0 heterocycles. The number of nitrogens with zero attached hydrogens (tertiary/aromatic N) is 2.